The number of anilines is 1. The molecule has 2 aromatic rings. The fourth-order valence-corrected chi connectivity index (χ4v) is 4.47. The topological polar surface area (TPSA) is 47.5 Å². The normalized spacial score (nSPS) is 20.2. The predicted molar refractivity (Wildman–Crippen MR) is 111 cm³/mol. The maximum Gasteiger partial charge on any atom is 0.140 e. The van der Waals surface area contributed by atoms with Gasteiger partial charge in [-0.3, -0.25) is 4.98 Å². The van der Waals surface area contributed by atoms with Crippen molar-refractivity contribution in [2.45, 2.75) is 57.5 Å². The zero-order valence-electron chi connectivity index (χ0n) is 16.8. The summed E-state index contributed by atoms with van der Waals surface area (Å²) < 4.78 is 11.2. The maximum absolute atomic E-state index is 5.62. The highest BCUT2D eigenvalue weighted by atomic mass is 16.5. The Morgan fingerprint density at radius 1 is 1.14 bits per heavy atom. The van der Waals surface area contributed by atoms with Crippen LogP contribution in [0.1, 0.15) is 49.8 Å². The summed E-state index contributed by atoms with van der Waals surface area (Å²) in [6.45, 7) is 2.54. The van der Waals surface area contributed by atoms with Crippen molar-refractivity contribution in [3.05, 3.63) is 47.9 Å². The van der Waals surface area contributed by atoms with Gasteiger partial charge in [-0.1, -0.05) is 25.3 Å². The second-order valence-corrected chi connectivity index (χ2v) is 8.03. The van der Waals surface area contributed by atoms with E-state index in [4.69, 9.17) is 14.5 Å². The Morgan fingerprint density at radius 3 is 2.75 bits per heavy atom. The fourth-order valence-electron chi connectivity index (χ4n) is 4.47. The van der Waals surface area contributed by atoms with Gasteiger partial charge in [-0.05, 0) is 55.4 Å². The summed E-state index contributed by atoms with van der Waals surface area (Å²) in [7, 11) is 1.74. The molecule has 1 saturated carbocycles. The van der Waals surface area contributed by atoms with Crippen LogP contribution in [0.4, 0.5) is 5.82 Å². The monoisotopic (exact) mass is 381 g/mol. The molecule has 5 heteroatoms. The Hall–Kier alpha value is -2.14. The molecule has 1 atom stereocenters. The Labute approximate surface area is 168 Å². The van der Waals surface area contributed by atoms with Gasteiger partial charge in [0, 0.05) is 38.2 Å². The smallest absolute Gasteiger partial charge is 0.140 e. The molecule has 150 valence electrons. The molecule has 0 unspecified atom stereocenters. The fraction of sp³-hybridized carbons (Fsp3) is 0.565. The number of pyridine rings is 2. The number of hydrogen-bond donors (Lipinski definition) is 0. The first-order valence-electron chi connectivity index (χ1n) is 10.6. The van der Waals surface area contributed by atoms with Crippen molar-refractivity contribution in [2.75, 3.05) is 25.2 Å². The minimum Gasteiger partial charge on any atom is -0.495 e. The van der Waals surface area contributed by atoms with Crippen molar-refractivity contribution in [3.63, 3.8) is 0 Å². The van der Waals surface area contributed by atoms with Crippen LogP contribution < -0.4 is 9.64 Å². The van der Waals surface area contributed by atoms with Gasteiger partial charge in [-0.15, -0.1) is 0 Å². The second kappa shape index (κ2) is 9.37. The first-order chi connectivity index (χ1) is 13.8. The molecule has 0 spiro atoms. The molecule has 1 aliphatic carbocycles. The summed E-state index contributed by atoms with van der Waals surface area (Å²) in [6, 6.07) is 8.92. The molecule has 0 amide bonds. The predicted octanol–water partition coefficient (Wildman–Crippen LogP) is 4.40. The van der Waals surface area contributed by atoms with Crippen LogP contribution in [0.3, 0.4) is 0 Å². The summed E-state index contributed by atoms with van der Waals surface area (Å²) >= 11 is 0. The van der Waals surface area contributed by atoms with Crippen molar-refractivity contribution >= 4 is 5.82 Å². The van der Waals surface area contributed by atoms with Crippen molar-refractivity contribution in [3.8, 4) is 5.75 Å². The van der Waals surface area contributed by atoms with E-state index in [2.05, 4.69) is 28.1 Å². The number of rotatable bonds is 7. The van der Waals surface area contributed by atoms with Gasteiger partial charge in [0.15, 0.2) is 0 Å². The van der Waals surface area contributed by atoms with Gasteiger partial charge in [0.2, 0.25) is 0 Å². The van der Waals surface area contributed by atoms with Crippen LogP contribution in [0, 0.1) is 5.92 Å². The average molecular weight is 382 g/mol. The van der Waals surface area contributed by atoms with Crippen molar-refractivity contribution in [1.82, 2.24) is 9.97 Å². The van der Waals surface area contributed by atoms with Crippen LogP contribution in [0.25, 0.3) is 0 Å². The van der Waals surface area contributed by atoms with Crippen LogP contribution in [-0.4, -0.2) is 36.3 Å². The lowest BCUT2D eigenvalue weighted by Crippen LogP contribution is -2.37. The molecule has 2 aromatic heterocycles. The van der Waals surface area contributed by atoms with Crippen molar-refractivity contribution in [2.24, 2.45) is 5.92 Å². The van der Waals surface area contributed by atoms with Crippen LogP contribution in [0.15, 0.2) is 36.7 Å². The van der Waals surface area contributed by atoms with Gasteiger partial charge < -0.3 is 14.4 Å². The third kappa shape index (κ3) is 4.64. The number of methoxy groups -OCH3 is 1. The van der Waals surface area contributed by atoms with E-state index in [0.29, 0.717) is 12.0 Å². The summed E-state index contributed by atoms with van der Waals surface area (Å²) in [6.07, 6.45) is 12.3. The largest absolute Gasteiger partial charge is 0.495 e. The molecular formula is C23H31N3O2. The van der Waals surface area contributed by atoms with Crippen LogP contribution in [-0.2, 0) is 17.7 Å². The highest BCUT2D eigenvalue weighted by Crippen LogP contribution is 2.31. The molecule has 0 radical (unpaired) electrons. The van der Waals surface area contributed by atoms with Crippen LogP contribution in [0.2, 0.25) is 0 Å². The molecule has 0 N–H and O–H groups in total. The highest BCUT2D eigenvalue weighted by Gasteiger charge is 2.25. The molecule has 2 fully saturated rings. The number of aromatic nitrogens is 2. The minimum atomic E-state index is 0.539. The van der Waals surface area contributed by atoms with Gasteiger partial charge in [0.1, 0.15) is 11.6 Å². The summed E-state index contributed by atoms with van der Waals surface area (Å²) in [4.78, 5) is 11.9. The Bertz CT molecular complexity index is 741. The van der Waals surface area contributed by atoms with E-state index in [1.807, 2.05) is 18.5 Å². The first-order valence-corrected chi connectivity index (χ1v) is 10.6. The zero-order chi connectivity index (χ0) is 19.2. The van der Waals surface area contributed by atoms with E-state index in [1.165, 1.54) is 37.7 Å². The summed E-state index contributed by atoms with van der Waals surface area (Å²) in [5, 5.41) is 0. The quantitative estimate of drug-likeness (QED) is 0.711. The zero-order valence-corrected chi connectivity index (χ0v) is 16.8. The molecule has 4 rings (SSSR count). The molecule has 0 aromatic carbocycles. The van der Waals surface area contributed by atoms with E-state index in [0.717, 1.165) is 49.9 Å². The summed E-state index contributed by atoms with van der Waals surface area (Å²) in [5.74, 6) is 2.49. The van der Waals surface area contributed by atoms with Gasteiger partial charge in [0.25, 0.3) is 0 Å². The third-order valence-electron chi connectivity index (χ3n) is 6.03. The molecule has 28 heavy (non-hydrogen) atoms. The van der Waals surface area contributed by atoms with Gasteiger partial charge in [0.05, 0.1) is 12.8 Å². The first kappa shape index (κ1) is 19.2. The van der Waals surface area contributed by atoms with E-state index >= 15 is 0 Å². The van der Waals surface area contributed by atoms with Crippen LogP contribution >= 0.6 is 0 Å². The number of hydrogen-bond acceptors (Lipinski definition) is 5. The van der Waals surface area contributed by atoms with Gasteiger partial charge >= 0.3 is 0 Å². The Balaban J connectivity index is 1.62. The third-order valence-corrected chi connectivity index (χ3v) is 6.03. The molecule has 0 bridgehead atoms. The number of nitrogens with zero attached hydrogens (tertiary/aromatic N) is 3. The molecular weight excluding hydrogens is 350 g/mol. The average Bonchev–Trinajstić information content (AvgIpc) is 3.26. The van der Waals surface area contributed by atoms with E-state index in [-0.39, 0.29) is 0 Å². The standard InChI is InChI=1S/C23H31N3O2/c1-27-22-9-10-23(25-21(22)14-18-11-13-28-17-18)26(20-7-3-2-4-8-20)16-19-6-5-12-24-15-19/h5-6,9-10,12,15,18,20H,2-4,7-8,11,13-14,16-17H2,1H3/t18-/m0/s1. The van der Waals surface area contributed by atoms with E-state index in [9.17, 15) is 0 Å². The molecule has 2 aliphatic rings. The highest BCUT2D eigenvalue weighted by molar-refractivity contribution is 5.46. The van der Waals surface area contributed by atoms with Crippen molar-refractivity contribution in [1.29, 1.82) is 0 Å². The summed E-state index contributed by atoms with van der Waals surface area (Å²) in [5.41, 5.74) is 2.29. The minimum absolute atomic E-state index is 0.539. The SMILES string of the molecule is COc1ccc(N(Cc2cccnc2)C2CCCCC2)nc1C[C@@H]1CCOC1. The Morgan fingerprint density at radius 2 is 2.04 bits per heavy atom. The second-order valence-electron chi connectivity index (χ2n) is 8.03. The number of ether oxygens (including phenoxy) is 2. The van der Waals surface area contributed by atoms with E-state index < -0.39 is 0 Å². The Kier molecular flexibility index (Phi) is 6.42. The molecule has 1 saturated heterocycles. The lowest BCUT2D eigenvalue weighted by Gasteiger charge is -2.35. The van der Waals surface area contributed by atoms with Crippen LogP contribution in [0.5, 0.6) is 5.75 Å². The molecule has 5 nitrogen and oxygen atoms in total. The van der Waals surface area contributed by atoms with Crippen molar-refractivity contribution < 1.29 is 9.47 Å². The van der Waals surface area contributed by atoms with Gasteiger partial charge in [-0.2, -0.15) is 0 Å². The van der Waals surface area contributed by atoms with E-state index in [1.54, 1.807) is 7.11 Å². The van der Waals surface area contributed by atoms with Gasteiger partial charge in [-0.25, -0.2) is 4.98 Å². The molecule has 3 heterocycles. The maximum atomic E-state index is 5.62. The molecule has 1 aliphatic heterocycles. The lowest BCUT2D eigenvalue weighted by molar-refractivity contribution is 0.185. The lowest BCUT2D eigenvalue weighted by atomic mass is 9.93.